The molecule has 0 radical (unpaired) electrons. The van der Waals surface area contributed by atoms with Crippen LogP contribution in [0.4, 0.5) is 13.2 Å². The monoisotopic (exact) mass is 267 g/mol. The standard InChI is InChI=1S/C12H20F3NO2/c1-2-9-6-4-3-5-7-16(9)10(8-11(17)18)12(13,14)15/h9-10H,2-8H2,1H3,(H,17,18). The van der Waals surface area contributed by atoms with Crippen molar-refractivity contribution in [2.45, 2.75) is 63.7 Å². The van der Waals surface area contributed by atoms with Crippen molar-refractivity contribution >= 4 is 5.97 Å². The lowest BCUT2D eigenvalue weighted by Gasteiger charge is -2.36. The minimum absolute atomic E-state index is 0.154. The summed E-state index contributed by atoms with van der Waals surface area (Å²) in [5.74, 6) is -1.39. The molecule has 0 amide bonds. The Balaban J connectivity index is 2.89. The highest BCUT2D eigenvalue weighted by molar-refractivity contribution is 5.67. The van der Waals surface area contributed by atoms with E-state index in [1.54, 1.807) is 0 Å². The van der Waals surface area contributed by atoms with Crippen LogP contribution >= 0.6 is 0 Å². The molecule has 0 aromatic carbocycles. The fraction of sp³-hybridized carbons (Fsp3) is 0.917. The lowest BCUT2D eigenvalue weighted by molar-refractivity contribution is -0.196. The molecule has 1 heterocycles. The number of hydrogen-bond acceptors (Lipinski definition) is 2. The molecule has 1 rings (SSSR count). The molecule has 0 aromatic rings. The normalized spacial score (nSPS) is 24.6. The second kappa shape index (κ2) is 6.41. The van der Waals surface area contributed by atoms with Gasteiger partial charge in [-0.05, 0) is 25.8 Å². The van der Waals surface area contributed by atoms with E-state index in [0.29, 0.717) is 19.4 Å². The maximum atomic E-state index is 13.0. The molecule has 0 aliphatic carbocycles. The van der Waals surface area contributed by atoms with Crippen molar-refractivity contribution < 1.29 is 23.1 Å². The molecule has 106 valence electrons. The van der Waals surface area contributed by atoms with Gasteiger partial charge >= 0.3 is 12.1 Å². The van der Waals surface area contributed by atoms with Crippen LogP contribution in [0, 0.1) is 0 Å². The molecule has 0 bridgehead atoms. The van der Waals surface area contributed by atoms with Gasteiger partial charge in [-0.1, -0.05) is 19.8 Å². The number of hydrogen-bond donors (Lipinski definition) is 1. The summed E-state index contributed by atoms with van der Waals surface area (Å²) in [5, 5.41) is 8.68. The van der Waals surface area contributed by atoms with Crippen LogP contribution in [0.3, 0.4) is 0 Å². The van der Waals surface area contributed by atoms with Crippen molar-refractivity contribution in [3.05, 3.63) is 0 Å². The number of rotatable bonds is 4. The van der Waals surface area contributed by atoms with Gasteiger partial charge in [-0.3, -0.25) is 9.69 Å². The van der Waals surface area contributed by atoms with E-state index in [0.717, 1.165) is 19.3 Å². The zero-order valence-corrected chi connectivity index (χ0v) is 10.5. The van der Waals surface area contributed by atoms with Gasteiger partial charge in [0.1, 0.15) is 6.04 Å². The topological polar surface area (TPSA) is 40.5 Å². The van der Waals surface area contributed by atoms with Crippen LogP contribution < -0.4 is 0 Å². The maximum absolute atomic E-state index is 13.0. The second-order valence-electron chi connectivity index (χ2n) is 4.80. The van der Waals surface area contributed by atoms with Gasteiger partial charge in [-0.25, -0.2) is 0 Å². The molecule has 1 saturated heterocycles. The number of alkyl halides is 3. The van der Waals surface area contributed by atoms with Crippen molar-refractivity contribution in [1.82, 2.24) is 4.90 Å². The molecule has 1 aliphatic heterocycles. The number of carboxylic acids is 1. The largest absolute Gasteiger partial charge is 0.481 e. The van der Waals surface area contributed by atoms with Gasteiger partial charge in [0.2, 0.25) is 0 Å². The molecular formula is C12H20F3NO2. The lowest BCUT2D eigenvalue weighted by Crippen LogP contribution is -2.51. The Kier molecular flexibility index (Phi) is 5.44. The average Bonchev–Trinajstić information content (AvgIpc) is 2.48. The van der Waals surface area contributed by atoms with Crippen LogP contribution in [-0.4, -0.2) is 40.8 Å². The van der Waals surface area contributed by atoms with Crippen molar-refractivity contribution in [2.75, 3.05) is 6.54 Å². The average molecular weight is 267 g/mol. The van der Waals surface area contributed by atoms with E-state index in [9.17, 15) is 18.0 Å². The highest BCUT2D eigenvalue weighted by Crippen LogP contribution is 2.32. The predicted octanol–water partition coefficient (Wildman–Crippen LogP) is 3.05. The van der Waals surface area contributed by atoms with E-state index in [1.165, 1.54) is 4.90 Å². The smallest absolute Gasteiger partial charge is 0.404 e. The Labute approximate surface area is 105 Å². The van der Waals surface area contributed by atoms with E-state index in [4.69, 9.17) is 5.11 Å². The van der Waals surface area contributed by atoms with E-state index in [1.807, 2.05) is 6.92 Å². The van der Waals surface area contributed by atoms with E-state index in [-0.39, 0.29) is 6.04 Å². The van der Waals surface area contributed by atoms with Gasteiger partial charge in [-0.15, -0.1) is 0 Å². The molecule has 0 spiro atoms. The summed E-state index contributed by atoms with van der Waals surface area (Å²) in [5.41, 5.74) is 0. The third-order valence-electron chi connectivity index (χ3n) is 3.54. The Morgan fingerprint density at radius 2 is 2.06 bits per heavy atom. The Morgan fingerprint density at radius 1 is 1.39 bits per heavy atom. The molecule has 6 heteroatoms. The molecule has 0 saturated carbocycles. The van der Waals surface area contributed by atoms with Crippen LogP contribution in [-0.2, 0) is 4.79 Å². The number of aliphatic carboxylic acids is 1. The summed E-state index contributed by atoms with van der Waals surface area (Å²) in [6.45, 7) is 2.20. The van der Waals surface area contributed by atoms with Crippen molar-refractivity contribution in [2.24, 2.45) is 0 Å². The number of carbonyl (C=O) groups is 1. The molecule has 0 aromatic heterocycles. The summed E-state index contributed by atoms with van der Waals surface area (Å²) in [6, 6.07) is -2.00. The minimum atomic E-state index is -4.48. The molecule has 1 aliphatic rings. The van der Waals surface area contributed by atoms with Gasteiger partial charge in [0, 0.05) is 6.04 Å². The number of carboxylic acid groups (broad SMARTS) is 1. The van der Waals surface area contributed by atoms with Gasteiger partial charge in [-0.2, -0.15) is 13.2 Å². The Morgan fingerprint density at radius 3 is 2.56 bits per heavy atom. The number of nitrogens with zero attached hydrogens (tertiary/aromatic N) is 1. The number of halogens is 3. The Hall–Kier alpha value is -0.780. The fourth-order valence-corrected chi connectivity index (χ4v) is 2.63. The molecule has 1 N–H and O–H groups in total. The predicted molar refractivity (Wildman–Crippen MR) is 61.3 cm³/mol. The summed E-state index contributed by atoms with van der Waals surface area (Å²) in [4.78, 5) is 12.0. The van der Waals surface area contributed by atoms with Crippen molar-refractivity contribution in [3.8, 4) is 0 Å². The van der Waals surface area contributed by atoms with Crippen LogP contribution in [0.1, 0.15) is 45.4 Å². The summed E-state index contributed by atoms with van der Waals surface area (Å²) in [7, 11) is 0. The molecule has 2 atom stereocenters. The minimum Gasteiger partial charge on any atom is -0.481 e. The fourth-order valence-electron chi connectivity index (χ4n) is 2.63. The zero-order valence-electron chi connectivity index (χ0n) is 10.5. The van der Waals surface area contributed by atoms with E-state index in [2.05, 4.69) is 0 Å². The third kappa shape index (κ3) is 4.15. The van der Waals surface area contributed by atoms with Gasteiger partial charge in [0.15, 0.2) is 0 Å². The van der Waals surface area contributed by atoms with Gasteiger partial charge in [0.05, 0.1) is 6.42 Å². The van der Waals surface area contributed by atoms with Gasteiger partial charge in [0.25, 0.3) is 0 Å². The molecular weight excluding hydrogens is 247 g/mol. The van der Waals surface area contributed by atoms with Crippen LogP contribution in [0.25, 0.3) is 0 Å². The van der Waals surface area contributed by atoms with Crippen molar-refractivity contribution in [3.63, 3.8) is 0 Å². The van der Waals surface area contributed by atoms with Crippen LogP contribution in [0.15, 0.2) is 0 Å². The first kappa shape index (κ1) is 15.3. The SMILES string of the molecule is CCC1CCCCCN1C(CC(=O)O)C(F)(F)F. The van der Waals surface area contributed by atoms with Crippen LogP contribution in [0.5, 0.6) is 0 Å². The summed E-state index contributed by atoms with van der Waals surface area (Å²) in [6.07, 6.45) is -1.43. The summed E-state index contributed by atoms with van der Waals surface area (Å²) < 4.78 is 39.0. The Bertz CT molecular complexity index is 281. The molecule has 3 nitrogen and oxygen atoms in total. The van der Waals surface area contributed by atoms with Crippen molar-refractivity contribution in [1.29, 1.82) is 0 Å². The first-order valence-corrected chi connectivity index (χ1v) is 6.40. The first-order valence-electron chi connectivity index (χ1n) is 6.40. The maximum Gasteiger partial charge on any atom is 0.404 e. The van der Waals surface area contributed by atoms with Gasteiger partial charge < -0.3 is 5.11 Å². The molecule has 1 fully saturated rings. The zero-order chi connectivity index (χ0) is 13.8. The molecule has 18 heavy (non-hydrogen) atoms. The highest BCUT2D eigenvalue weighted by Gasteiger charge is 2.46. The summed E-state index contributed by atoms with van der Waals surface area (Å²) >= 11 is 0. The molecule has 2 unspecified atom stereocenters. The first-order chi connectivity index (χ1) is 8.36. The quantitative estimate of drug-likeness (QED) is 0.851. The lowest BCUT2D eigenvalue weighted by atomic mass is 10.0. The third-order valence-corrected chi connectivity index (χ3v) is 3.54. The van der Waals surface area contributed by atoms with E-state index < -0.39 is 24.6 Å². The highest BCUT2D eigenvalue weighted by atomic mass is 19.4. The van der Waals surface area contributed by atoms with E-state index >= 15 is 0 Å². The number of likely N-dealkylation sites (tertiary alicyclic amines) is 1. The second-order valence-corrected chi connectivity index (χ2v) is 4.80. The van der Waals surface area contributed by atoms with Crippen LogP contribution in [0.2, 0.25) is 0 Å².